The Kier molecular flexibility index (Phi) is 4.58. The second kappa shape index (κ2) is 5.22. The number of rotatable bonds is 4. The van der Waals surface area contributed by atoms with Gasteiger partial charge in [0.05, 0.1) is 5.92 Å². The number of carbonyl (C=O) groups is 4. The van der Waals surface area contributed by atoms with Crippen LogP contribution in [-0.4, -0.2) is 21.0 Å². The molecule has 1 saturated carbocycles. The van der Waals surface area contributed by atoms with Gasteiger partial charge in [0.1, 0.15) is 5.41 Å². The maximum absolute atomic E-state index is 11.4. The minimum atomic E-state index is -1.95. The van der Waals surface area contributed by atoms with Gasteiger partial charge in [-0.1, -0.05) is 0 Å². The van der Waals surface area contributed by atoms with Crippen molar-refractivity contribution in [2.75, 3.05) is 0 Å². The van der Waals surface area contributed by atoms with Crippen LogP contribution >= 0.6 is 46.4 Å². The van der Waals surface area contributed by atoms with Crippen molar-refractivity contribution in [1.82, 2.24) is 0 Å². The van der Waals surface area contributed by atoms with Gasteiger partial charge in [0.15, 0.2) is 0 Å². The van der Waals surface area contributed by atoms with Crippen LogP contribution in [0, 0.1) is 17.3 Å². The maximum atomic E-state index is 11.4. The molecule has 0 spiro atoms. The minimum absolute atomic E-state index is 0.110. The molecule has 1 fully saturated rings. The summed E-state index contributed by atoms with van der Waals surface area (Å²) in [5.74, 6) is -2.05. The highest BCUT2D eigenvalue weighted by Gasteiger charge is 2.60. The van der Waals surface area contributed by atoms with Gasteiger partial charge >= 0.3 is 0 Å². The molecule has 0 amide bonds. The molecule has 0 bridgehead atoms. The van der Waals surface area contributed by atoms with E-state index in [0.29, 0.717) is 0 Å². The molecular weight excluding hydrogens is 314 g/mol. The molecule has 0 N–H and O–H groups in total. The van der Waals surface area contributed by atoms with Gasteiger partial charge in [0.25, 0.3) is 0 Å². The fourth-order valence-electron chi connectivity index (χ4n) is 2.07. The lowest BCUT2D eigenvalue weighted by molar-refractivity contribution is -0.138. The highest BCUT2D eigenvalue weighted by atomic mass is 35.5. The molecular formula is C9H6Cl4O4. The third-order valence-electron chi connectivity index (χ3n) is 2.98. The second-order valence-corrected chi connectivity index (χ2v) is 5.25. The fourth-order valence-corrected chi connectivity index (χ4v) is 3.15. The average molecular weight is 320 g/mol. The number of carbonyl (C=O) groups excluding carboxylic acids is 4. The lowest BCUT2D eigenvalue weighted by Gasteiger charge is -2.24. The molecule has 2 unspecified atom stereocenters. The van der Waals surface area contributed by atoms with Crippen LogP contribution in [0.1, 0.15) is 12.8 Å². The summed E-state index contributed by atoms with van der Waals surface area (Å²) < 4.78 is 0. The van der Waals surface area contributed by atoms with Crippen molar-refractivity contribution in [3.63, 3.8) is 0 Å². The normalized spacial score (nSPS) is 26.6. The van der Waals surface area contributed by atoms with Crippen molar-refractivity contribution in [1.29, 1.82) is 0 Å². The van der Waals surface area contributed by atoms with E-state index < -0.39 is 38.2 Å². The molecule has 94 valence electrons. The van der Waals surface area contributed by atoms with Gasteiger partial charge in [-0.3, -0.25) is 19.2 Å². The molecule has 1 aliphatic carbocycles. The summed E-state index contributed by atoms with van der Waals surface area (Å²) >= 11 is 21.3. The zero-order chi connectivity index (χ0) is 13.4. The molecule has 4 nitrogen and oxygen atoms in total. The summed E-state index contributed by atoms with van der Waals surface area (Å²) in [5.41, 5.74) is -1.95. The van der Waals surface area contributed by atoms with E-state index in [2.05, 4.69) is 0 Å². The molecule has 0 saturated heterocycles. The van der Waals surface area contributed by atoms with Crippen LogP contribution in [-0.2, 0) is 19.2 Å². The molecule has 0 heterocycles. The van der Waals surface area contributed by atoms with E-state index in [-0.39, 0.29) is 12.8 Å². The second-order valence-electron chi connectivity index (χ2n) is 3.82. The van der Waals surface area contributed by atoms with Gasteiger partial charge in [0, 0.05) is 5.92 Å². The Hall–Kier alpha value is -0.160. The van der Waals surface area contributed by atoms with Crippen LogP contribution in [0.25, 0.3) is 0 Å². The Morgan fingerprint density at radius 3 is 1.59 bits per heavy atom. The summed E-state index contributed by atoms with van der Waals surface area (Å²) in [6.45, 7) is 0. The molecule has 2 atom stereocenters. The summed E-state index contributed by atoms with van der Waals surface area (Å²) in [7, 11) is 0. The molecule has 0 aromatic heterocycles. The van der Waals surface area contributed by atoms with Crippen LogP contribution < -0.4 is 0 Å². The summed E-state index contributed by atoms with van der Waals surface area (Å²) in [4.78, 5) is 45.1. The maximum Gasteiger partial charge on any atom is 0.237 e. The Morgan fingerprint density at radius 2 is 1.35 bits per heavy atom. The van der Waals surface area contributed by atoms with Crippen LogP contribution in [0.3, 0.4) is 0 Å². The molecule has 17 heavy (non-hydrogen) atoms. The van der Waals surface area contributed by atoms with Crippen LogP contribution in [0.4, 0.5) is 0 Å². The predicted octanol–water partition coefficient (Wildman–Crippen LogP) is 2.06. The van der Waals surface area contributed by atoms with E-state index in [4.69, 9.17) is 46.4 Å². The highest BCUT2D eigenvalue weighted by Crippen LogP contribution is 2.51. The summed E-state index contributed by atoms with van der Waals surface area (Å²) in [6, 6.07) is 0. The van der Waals surface area contributed by atoms with Crippen molar-refractivity contribution in [2.45, 2.75) is 12.8 Å². The lowest BCUT2D eigenvalue weighted by Crippen LogP contribution is -2.40. The van der Waals surface area contributed by atoms with Gasteiger partial charge < -0.3 is 0 Å². The van der Waals surface area contributed by atoms with Crippen LogP contribution in [0.15, 0.2) is 0 Å². The Morgan fingerprint density at radius 1 is 0.882 bits per heavy atom. The molecule has 0 aromatic rings. The first-order valence-electron chi connectivity index (χ1n) is 4.52. The molecule has 0 aromatic carbocycles. The van der Waals surface area contributed by atoms with Gasteiger partial charge in [-0.2, -0.15) is 0 Å². The monoisotopic (exact) mass is 318 g/mol. The van der Waals surface area contributed by atoms with E-state index in [9.17, 15) is 19.2 Å². The summed E-state index contributed by atoms with van der Waals surface area (Å²) in [6.07, 6.45) is -0.398. The minimum Gasteiger partial charge on any atom is -0.281 e. The topological polar surface area (TPSA) is 68.3 Å². The standard InChI is InChI=1S/C9H6Cl4O4/c10-5(14)3-1-4(6(11)15)9(2-3,7(12)16)8(13)17/h3-4H,1-2H2. The first kappa shape index (κ1) is 14.9. The zero-order valence-corrected chi connectivity index (χ0v) is 11.2. The molecule has 1 rings (SSSR count). The Balaban J connectivity index is 3.26. The van der Waals surface area contributed by atoms with Crippen molar-refractivity contribution in [2.24, 2.45) is 17.3 Å². The lowest BCUT2D eigenvalue weighted by atomic mass is 9.80. The van der Waals surface area contributed by atoms with Crippen molar-refractivity contribution in [3.05, 3.63) is 0 Å². The van der Waals surface area contributed by atoms with Gasteiger partial charge in [-0.15, -0.1) is 0 Å². The fraction of sp³-hybridized carbons (Fsp3) is 0.556. The van der Waals surface area contributed by atoms with E-state index >= 15 is 0 Å². The third kappa shape index (κ3) is 2.50. The van der Waals surface area contributed by atoms with E-state index in [1.165, 1.54) is 0 Å². The molecule has 1 aliphatic rings. The number of halogens is 4. The van der Waals surface area contributed by atoms with Crippen LogP contribution in [0.2, 0.25) is 0 Å². The van der Waals surface area contributed by atoms with Gasteiger partial charge in [-0.05, 0) is 59.2 Å². The number of hydrogen-bond donors (Lipinski definition) is 0. The Bertz CT molecular complexity index is 392. The van der Waals surface area contributed by atoms with Gasteiger partial charge in [-0.25, -0.2) is 0 Å². The van der Waals surface area contributed by atoms with Gasteiger partial charge in [0.2, 0.25) is 21.0 Å². The SMILES string of the molecule is O=C(Cl)C1CC(C(=O)Cl)C(C(=O)Cl)(C(=O)Cl)C1. The van der Waals surface area contributed by atoms with E-state index in [1.54, 1.807) is 0 Å². The predicted molar refractivity (Wildman–Crippen MR) is 62.1 cm³/mol. The average Bonchev–Trinajstić information content (AvgIpc) is 2.58. The smallest absolute Gasteiger partial charge is 0.237 e. The van der Waals surface area contributed by atoms with Crippen molar-refractivity contribution >= 4 is 67.4 Å². The van der Waals surface area contributed by atoms with E-state index in [1.807, 2.05) is 0 Å². The first-order valence-corrected chi connectivity index (χ1v) is 6.03. The molecule has 0 radical (unpaired) electrons. The summed E-state index contributed by atoms with van der Waals surface area (Å²) in [5, 5.41) is -3.90. The molecule has 0 aliphatic heterocycles. The first-order chi connectivity index (χ1) is 7.73. The van der Waals surface area contributed by atoms with Crippen molar-refractivity contribution in [3.8, 4) is 0 Å². The molecule has 8 heteroatoms. The van der Waals surface area contributed by atoms with E-state index in [0.717, 1.165) is 0 Å². The largest absolute Gasteiger partial charge is 0.281 e. The highest BCUT2D eigenvalue weighted by molar-refractivity contribution is 6.76. The van der Waals surface area contributed by atoms with Crippen molar-refractivity contribution < 1.29 is 19.2 Å². The third-order valence-corrected chi connectivity index (χ3v) is 4.23. The zero-order valence-electron chi connectivity index (χ0n) is 8.21. The Labute approximate surface area is 117 Å². The van der Waals surface area contributed by atoms with Crippen LogP contribution in [0.5, 0.6) is 0 Å². The number of hydrogen-bond acceptors (Lipinski definition) is 4. The quantitative estimate of drug-likeness (QED) is 0.587.